The van der Waals surface area contributed by atoms with Gasteiger partial charge in [-0.05, 0) is 43.2 Å². The first-order valence-corrected chi connectivity index (χ1v) is 7.32. The van der Waals surface area contributed by atoms with Crippen LogP contribution in [0.4, 0.5) is 5.69 Å². The molecule has 22 heavy (non-hydrogen) atoms. The molecule has 0 saturated carbocycles. The zero-order chi connectivity index (χ0) is 15.7. The highest BCUT2D eigenvalue weighted by Gasteiger charge is 2.19. The molecule has 0 atom stereocenters. The Morgan fingerprint density at radius 1 is 0.955 bits per heavy atom. The molecule has 1 heterocycles. The van der Waals surface area contributed by atoms with Gasteiger partial charge in [0.25, 0.3) is 0 Å². The summed E-state index contributed by atoms with van der Waals surface area (Å²) in [4.78, 5) is 2.18. The van der Waals surface area contributed by atoms with Crippen molar-refractivity contribution in [1.82, 2.24) is 0 Å². The Labute approximate surface area is 131 Å². The first-order chi connectivity index (χ1) is 10.6. The van der Waals surface area contributed by atoms with Crippen molar-refractivity contribution in [2.45, 2.75) is 20.4 Å². The number of benzene rings is 2. The number of ether oxygens (including phenoxy) is 3. The van der Waals surface area contributed by atoms with E-state index in [1.54, 1.807) is 14.2 Å². The fourth-order valence-corrected chi connectivity index (χ4v) is 2.69. The van der Waals surface area contributed by atoms with Gasteiger partial charge in [0, 0.05) is 23.9 Å². The lowest BCUT2D eigenvalue weighted by atomic mass is 10.0. The van der Waals surface area contributed by atoms with Crippen molar-refractivity contribution in [3.05, 3.63) is 47.0 Å². The highest BCUT2D eigenvalue weighted by atomic mass is 16.5. The van der Waals surface area contributed by atoms with Gasteiger partial charge >= 0.3 is 0 Å². The van der Waals surface area contributed by atoms with E-state index in [1.165, 1.54) is 16.7 Å². The number of aryl methyl sites for hydroxylation is 2. The summed E-state index contributed by atoms with van der Waals surface area (Å²) in [6.07, 6.45) is 0. The molecule has 0 spiro atoms. The minimum atomic E-state index is 0.533. The van der Waals surface area contributed by atoms with Crippen LogP contribution in [-0.4, -0.2) is 21.0 Å². The van der Waals surface area contributed by atoms with E-state index in [2.05, 4.69) is 30.9 Å². The van der Waals surface area contributed by atoms with Crippen LogP contribution >= 0.6 is 0 Å². The third kappa shape index (κ3) is 2.56. The third-order valence-electron chi connectivity index (χ3n) is 4.15. The van der Waals surface area contributed by atoms with Crippen molar-refractivity contribution in [3.63, 3.8) is 0 Å². The lowest BCUT2D eigenvalue weighted by Gasteiger charge is -2.31. The summed E-state index contributed by atoms with van der Waals surface area (Å²) < 4.78 is 16.6. The minimum absolute atomic E-state index is 0.533. The van der Waals surface area contributed by atoms with Gasteiger partial charge in [0.05, 0.1) is 14.2 Å². The zero-order valence-electron chi connectivity index (χ0n) is 13.5. The number of rotatable bonds is 3. The van der Waals surface area contributed by atoms with Gasteiger partial charge in [0.2, 0.25) is 0 Å². The molecule has 0 amide bonds. The number of hydrogen-bond donors (Lipinski definition) is 0. The van der Waals surface area contributed by atoms with Crippen LogP contribution in [0.5, 0.6) is 17.2 Å². The Hall–Kier alpha value is -2.36. The number of nitrogens with zero attached hydrogens (tertiary/aromatic N) is 1. The second kappa shape index (κ2) is 5.79. The van der Waals surface area contributed by atoms with Crippen LogP contribution in [0.1, 0.15) is 16.7 Å². The molecule has 0 radical (unpaired) electrons. The van der Waals surface area contributed by atoms with E-state index in [-0.39, 0.29) is 0 Å². The maximum Gasteiger partial charge on any atom is 0.162 e. The molecule has 1 aliphatic heterocycles. The minimum Gasteiger partial charge on any atom is -0.493 e. The second-order valence-corrected chi connectivity index (χ2v) is 5.55. The van der Waals surface area contributed by atoms with E-state index in [4.69, 9.17) is 14.2 Å². The van der Waals surface area contributed by atoms with Gasteiger partial charge < -0.3 is 19.1 Å². The Bertz CT molecular complexity index is 697. The molecule has 4 heteroatoms. The Morgan fingerprint density at radius 3 is 2.41 bits per heavy atom. The van der Waals surface area contributed by atoms with E-state index in [1.807, 2.05) is 18.2 Å². The van der Waals surface area contributed by atoms with Crippen LogP contribution in [0, 0.1) is 13.8 Å². The molecule has 0 aliphatic carbocycles. The fourth-order valence-electron chi connectivity index (χ4n) is 2.69. The van der Waals surface area contributed by atoms with Gasteiger partial charge in [-0.3, -0.25) is 0 Å². The topological polar surface area (TPSA) is 30.9 Å². The Morgan fingerprint density at radius 2 is 1.68 bits per heavy atom. The fraction of sp³-hybridized carbons (Fsp3) is 0.333. The molecule has 0 bridgehead atoms. The van der Waals surface area contributed by atoms with E-state index < -0.39 is 0 Å². The maximum absolute atomic E-state index is 5.91. The summed E-state index contributed by atoms with van der Waals surface area (Å²) in [5.41, 5.74) is 4.82. The number of anilines is 1. The van der Waals surface area contributed by atoms with Gasteiger partial charge in [0.15, 0.2) is 18.2 Å². The lowest BCUT2D eigenvalue weighted by Crippen LogP contribution is -2.32. The quantitative estimate of drug-likeness (QED) is 0.865. The molecule has 116 valence electrons. The monoisotopic (exact) mass is 299 g/mol. The SMILES string of the molecule is COc1ccc(N2COc3cc(C)c(C)cc3C2)cc1OC. The van der Waals surface area contributed by atoms with E-state index in [0.717, 1.165) is 29.5 Å². The summed E-state index contributed by atoms with van der Waals surface area (Å²) in [5, 5.41) is 0. The Balaban J connectivity index is 1.89. The molecular formula is C18H21NO3. The van der Waals surface area contributed by atoms with Crippen LogP contribution in [-0.2, 0) is 6.54 Å². The molecule has 0 unspecified atom stereocenters. The van der Waals surface area contributed by atoms with Crippen LogP contribution in [0.25, 0.3) is 0 Å². The maximum atomic E-state index is 5.91. The summed E-state index contributed by atoms with van der Waals surface area (Å²) in [7, 11) is 3.29. The van der Waals surface area contributed by atoms with Gasteiger partial charge in [-0.1, -0.05) is 6.07 Å². The molecule has 0 saturated heterocycles. The van der Waals surface area contributed by atoms with Crippen LogP contribution in [0.3, 0.4) is 0 Å². The molecule has 4 nitrogen and oxygen atoms in total. The molecule has 0 fully saturated rings. The van der Waals surface area contributed by atoms with Gasteiger partial charge in [-0.2, -0.15) is 0 Å². The average molecular weight is 299 g/mol. The smallest absolute Gasteiger partial charge is 0.162 e. The van der Waals surface area contributed by atoms with Crippen molar-refractivity contribution >= 4 is 5.69 Å². The van der Waals surface area contributed by atoms with Crippen molar-refractivity contribution in [2.24, 2.45) is 0 Å². The second-order valence-electron chi connectivity index (χ2n) is 5.55. The van der Waals surface area contributed by atoms with Crippen LogP contribution < -0.4 is 19.1 Å². The van der Waals surface area contributed by atoms with Gasteiger partial charge in [-0.25, -0.2) is 0 Å². The summed E-state index contributed by atoms with van der Waals surface area (Å²) in [5.74, 6) is 2.45. The van der Waals surface area contributed by atoms with Gasteiger partial charge in [-0.15, -0.1) is 0 Å². The predicted octanol–water partition coefficient (Wildman–Crippen LogP) is 3.68. The first kappa shape index (κ1) is 14.6. The molecule has 2 aromatic carbocycles. The highest BCUT2D eigenvalue weighted by molar-refractivity contribution is 5.58. The van der Waals surface area contributed by atoms with Crippen molar-refractivity contribution in [3.8, 4) is 17.2 Å². The number of hydrogen-bond acceptors (Lipinski definition) is 4. The van der Waals surface area contributed by atoms with Crippen LogP contribution in [0.15, 0.2) is 30.3 Å². The lowest BCUT2D eigenvalue weighted by molar-refractivity contribution is 0.288. The molecule has 0 N–H and O–H groups in total. The van der Waals surface area contributed by atoms with E-state index in [0.29, 0.717) is 6.73 Å². The molecule has 0 aromatic heterocycles. The third-order valence-corrected chi connectivity index (χ3v) is 4.15. The molecule has 1 aliphatic rings. The molecule has 3 rings (SSSR count). The zero-order valence-corrected chi connectivity index (χ0v) is 13.5. The van der Waals surface area contributed by atoms with Crippen molar-refractivity contribution in [2.75, 3.05) is 25.9 Å². The molecule has 2 aromatic rings. The summed E-state index contributed by atoms with van der Waals surface area (Å²) in [6, 6.07) is 10.3. The molecular weight excluding hydrogens is 278 g/mol. The van der Waals surface area contributed by atoms with E-state index >= 15 is 0 Å². The van der Waals surface area contributed by atoms with Gasteiger partial charge in [0.1, 0.15) is 5.75 Å². The standard InChI is InChI=1S/C18H21NO3/c1-12-7-14-10-19(11-22-17(14)8-13(12)2)15-5-6-16(20-3)18(9-15)21-4/h5-9H,10-11H2,1-4H3. The summed E-state index contributed by atoms with van der Waals surface area (Å²) in [6.45, 7) is 5.60. The normalized spacial score (nSPS) is 13.4. The van der Waals surface area contributed by atoms with Crippen LogP contribution in [0.2, 0.25) is 0 Å². The number of fused-ring (bicyclic) bond motifs is 1. The number of methoxy groups -OCH3 is 2. The van der Waals surface area contributed by atoms with Crippen molar-refractivity contribution < 1.29 is 14.2 Å². The summed E-state index contributed by atoms with van der Waals surface area (Å²) >= 11 is 0. The van der Waals surface area contributed by atoms with E-state index in [9.17, 15) is 0 Å². The largest absolute Gasteiger partial charge is 0.493 e. The first-order valence-electron chi connectivity index (χ1n) is 7.32. The highest BCUT2D eigenvalue weighted by Crippen LogP contribution is 2.35. The van der Waals surface area contributed by atoms with Crippen molar-refractivity contribution in [1.29, 1.82) is 0 Å². The average Bonchev–Trinajstić information content (AvgIpc) is 2.55. The predicted molar refractivity (Wildman–Crippen MR) is 87.1 cm³/mol. The Kier molecular flexibility index (Phi) is 3.84.